The van der Waals surface area contributed by atoms with Crippen LogP contribution >= 0.6 is 11.3 Å². The van der Waals surface area contributed by atoms with Crippen LogP contribution < -0.4 is 10.2 Å². The first-order valence-corrected chi connectivity index (χ1v) is 8.14. The summed E-state index contributed by atoms with van der Waals surface area (Å²) in [6, 6.07) is 8.80. The zero-order chi connectivity index (χ0) is 17.0. The highest BCUT2D eigenvalue weighted by atomic mass is 32.1. The number of nitrogens with zero attached hydrogens (tertiary/aromatic N) is 1. The van der Waals surface area contributed by atoms with E-state index in [4.69, 9.17) is 0 Å². The molecule has 23 heavy (non-hydrogen) atoms. The second-order valence-corrected chi connectivity index (χ2v) is 6.55. The number of anilines is 1. The van der Waals surface area contributed by atoms with Gasteiger partial charge in [0.1, 0.15) is 11.7 Å². The van der Waals surface area contributed by atoms with Crippen LogP contribution in [0.1, 0.15) is 28.2 Å². The van der Waals surface area contributed by atoms with Crippen molar-refractivity contribution in [3.8, 4) is 0 Å². The number of nitro benzene ring substituents is 1. The highest BCUT2D eigenvalue weighted by molar-refractivity contribution is 7.10. The number of nitrogens with one attached hydrogen (secondary N) is 2. The molecule has 2 N–H and O–H groups in total. The zero-order valence-electron chi connectivity index (χ0n) is 13.3. The van der Waals surface area contributed by atoms with Crippen LogP contribution in [-0.2, 0) is 0 Å². The van der Waals surface area contributed by atoms with Gasteiger partial charge in [0.05, 0.1) is 30.4 Å². The van der Waals surface area contributed by atoms with E-state index in [1.807, 2.05) is 11.4 Å². The van der Waals surface area contributed by atoms with E-state index in [0.717, 1.165) is 0 Å². The quantitative estimate of drug-likeness (QED) is 0.462. The number of quaternary nitrogens is 1. The molecule has 1 atom stereocenters. The van der Waals surface area contributed by atoms with E-state index in [0.29, 0.717) is 17.8 Å². The molecular formula is C16H20N3O3S+. The van der Waals surface area contributed by atoms with Crippen LogP contribution in [0.2, 0.25) is 0 Å². The Morgan fingerprint density at radius 2 is 2.13 bits per heavy atom. The number of carbonyl (C=O) groups excluding carboxylic acids is 1. The smallest absolute Gasteiger partial charge is 0.293 e. The van der Waals surface area contributed by atoms with Crippen molar-refractivity contribution < 1.29 is 14.6 Å². The third kappa shape index (κ3) is 4.14. The molecule has 0 radical (unpaired) electrons. The maximum Gasteiger partial charge on any atom is 0.293 e. The van der Waals surface area contributed by atoms with E-state index in [9.17, 15) is 14.9 Å². The first kappa shape index (κ1) is 17.1. The van der Waals surface area contributed by atoms with Gasteiger partial charge in [0.2, 0.25) is 0 Å². The van der Waals surface area contributed by atoms with Crippen molar-refractivity contribution in [2.45, 2.75) is 13.0 Å². The van der Waals surface area contributed by atoms with E-state index in [1.54, 1.807) is 23.5 Å². The predicted octanol–water partition coefficient (Wildman–Crippen LogP) is 2.16. The standard InChI is InChI=1S/C16H19N3O3S/c1-11(20)12-6-7-13(14(9-12)19(21)22)17-10-15(18(2)3)16-5-4-8-23-16/h4-9,15,17H,10H2,1-3H3/p+1/t15-/m1/s1. The Morgan fingerprint density at radius 3 is 2.65 bits per heavy atom. The molecule has 2 aromatic rings. The van der Waals surface area contributed by atoms with Gasteiger partial charge in [-0.15, -0.1) is 11.3 Å². The molecule has 0 amide bonds. The fraction of sp³-hybridized carbons (Fsp3) is 0.312. The molecule has 0 aliphatic rings. The Bertz CT molecular complexity index is 699. The Kier molecular flexibility index (Phi) is 5.46. The summed E-state index contributed by atoms with van der Waals surface area (Å²) in [4.78, 5) is 24.7. The first-order chi connectivity index (χ1) is 10.9. The van der Waals surface area contributed by atoms with Gasteiger partial charge in [-0.1, -0.05) is 6.07 Å². The topological polar surface area (TPSA) is 76.7 Å². The molecule has 2 rings (SSSR count). The van der Waals surface area contributed by atoms with Crippen molar-refractivity contribution in [1.82, 2.24) is 0 Å². The number of benzene rings is 1. The monoisotopic (exact) mass is 334 g/mol. The maximum absolute atomic E-state index is 11.4. The summed E-state index contributed by atoms with van der Waals surface area (Å²) < 4.78 is 0. The van der Waals surface area contributed by atoms with Crippen LogP contribution in [0.15, 0.2) is 35.7 Å². The Labute approximate surface area is 138 Å². The fourth-order valence-corrected chi connectivity index (χ4v) is 3.30. The average molecular weight is 334 g/mol. The van der Waals surface area contributed by atoms with Gasteiger partial charge in [-0.3, -0.25) is 14.9 Å². The number of Topliss-reactive ketones (excluding diaryl/α,β-unsaturated/α-hetero) is 1. The molecule has 0 spiro atoms. The lowest BCUT2D eigenvalue weighted by atomic mass is 10.1. The van der Waals surface area contributed by atoms with Crippen molar-refractivity contribution in [2.75, 3.05) is 26.0 Å². The normalized spacial score (nSPS) is 12.2. The summed E-state index contributed by atoms with van der Waals surface area (Å²) in [5.74, 6) is -0.186. The van der Waals surface area contributed by atoms with Gasteiger partial charge in [-0.05, 0) is 30.5 Å². The number of hydrogen-bond donors (Lipinski definition) is 2. The third-order valence-electron chi connectivity index (χ3n) is 3.68. The number of rotatable bonds is 7. The highest BCUT2D eigenvalue weighted by Gasteiger charge is 2.21. The average Bonchev–Trinajstić information content (AvgIpc) is 3.00. The molecule has 0 aliphatic heterocycles. The van der Waals surface area contributed by atoms with Crippen LogP contribution in [-0.4, -0.2) is 31.3 Å². The van der Waals surface area contributed by atoms with Gasteiger partial charge < -0.3 is 10.2 Å². The Hall–Kier alpha value is -2.25. The van der Waals surface area contributed by atoms with E-state index in [2.05, 4.69) is 25.5 Å². The molecule has 0 fully saturated rings. The van der Waals surface area contributed by atoms with Crippen molar-refractivity contribution in [3.05, 3.63) is 56.3 Å². The lowest BCUT2D eigenvalue weighted by Crippen LogP contribution is -3.06. The van der Waals surface area contributed by atoms with Gasteiger partial charge in [0, 0.05) is 11.6 Å². The number of likely N-dealkylation sites (N-methyl/N-ethyl adjacent to an activating group) is 1. The molecular weight excluding hydrogens is 314 g/mol. The predicted molar refractivity (Wildman–Crippen MR) is 91.5 cm³/mol. The second-order valence-electron chi connectivity index (χ2n) is 5.57. The number of carbonyl (C=O) groups is 1. The van der Waals surface area contributed by atoms with Crippen LogP contribution in [0.25, 0.3) is 0 Å². The molecule has 1 aromatic carbocycles. The molecule has 7 heteroatoms. The van der Waals surface area contributed by atoms with E-state index in [1.165, 1.54) is 22.8 Å². The van der Waals surface area contributed by atoms with E-state index < -0.39 is 4.92 Å². The van der Waals surface area contributed by atoms with Crippen molar-refractivity contribution in [2.24, 2.45) is 0 Å². The molecule has 0 aliphatic carbocycles. The van der Waals surface area contributed by atoms with Crippen molar-refractivity contribution in [3.63, 3.8) is 0 Å². The number of nitro groups is 1. The summed E-state index contributed by atoms with van der Waals surface area (Å²) in [7, 11) is 4.11. The van der Waals surface area contributed by atoms with Crippen LogP contribution in [0.5, 0.6) is 0 Å². The fourth-order valence-electron chi connectivity index (χ4n) is 2.34. The lowest BCUT2D eigenvalue weighted by molar-refractivity contribution is -0.889. The second kappa shape index (κ2) is 7.34. The highest BCUT2D eigenvalue weighted by Crippen LogP contribution is 2.27. The zero-order valence-corrected chi connectivity index (χ0v) is 14.1. The minimum Gasteiger partial charge on any atom is -0.373 e. The SMILES string of the molecule is CC(=O)c1ccc(NC[C@H](c2cccs2)[NH+](C)C)c([N+](=O)[O-])c1. The summed E-state index contributed by atoms with van der Waals surface area (Å²) in [6.07, 6.45) is 0. The molecule has 6 nitrogen and oxygen atoms in total. The molecule has 1 heterocycles. The van der Waals surface area contributed by atoms with Crippen LogP contribution in [0, 0.1) is 10.1 Å². The molecule has 0 bridgehead atoms. The van der Waals surface area contributed by atoms with E-state index >= 15 is 0 Å². The van der Waals surface area contributed by atoms with Crippen molar-refractivity contribution >= 4 is 28.5 Å². The minimum absolute atomic E-state index is 0.0728. The number of thiophene rings is 1. The van der Waals surface area contributed by atoms with Crippen LogP contribution in [0.4, 0.5) is 11.4 Å². The Morgan fingerprint density at radius 1 is 1.39 bits per heavy atom. The molecule has 0 saturated heterocycles. The van der Waals surface area contributed by atoms with E-state index in [-0.39, 0.29) is 17.5 Å². The summed E-state index contributed by atoms with van der Waals surface area (Å²) in [5.41, 5.74) is 0.703. The third-order valence-corrected chi connectivity index (χ3v) is 4.67. The van der Waals surface area contributed by atoms with Crippen LogP contribution in [0.3, 0.4) is 0 Å². The first-order valence-electron chi connectivity index (χ1n) is 7.27. The molecule has 0 unspecified atom stereocenters. The largest absolute Gasteiger partial charge is 0.373 e. The van der Waals surface area contributed by atoms with Gasteiger partial charge in [-0.2, -0.15) is 0 Å². The summed E-state index contributed by atoms with van der Waals surface area (Å²) in [6.45, 7) is 1.97. The maximum atomic E-state index is 11.4. The number of ketones is 1. The molecule has 0 saturated carbocycles. The molecule has 1 aromatic heterocycles. The van der Waals surface area contributed by atoms with Gasteiger partial charge in [0.15, 0.2) is 5.78 Å². The summed E-state index contributed by atoms with van der Waals surface area (Å²) in [5, 5.41) is 16.4. The van der Waals surface area contributed by atoms with Crippen molar-refractivity contribution in [1.29, 1.82) is 0 Å². The molecule has 122 valence electrons. The minimum atomic E-state index is -0.461. The van der Waals surface area contributed by atoms with Gasteiger partial charge in [0.25, 0.3) is 5.69 Å². The Balaban J connectivity index is 2.22. The summed E-state index contributed by atoms with van der Waals surface area (Å²) >= 11 is 1.67. The van der Waals surface area contributed by atoms with Gasteiger partial charge >= 0.3 is 0 Å². The van der Waals surface area contributed by atoms with Gasteiger partial charge in [-0.25, -0.2) is 0 Å². The number of hydrogen-bond acceptors (Lipinski definition) is 5. The lowest BCUT2D eigenvalue weighted by Gasteiger charge is -2.21.